The van der Waals surface area contributed by atoms with E-state index in [0.29, 0.717) is 5.71 Å². The predicted molar refractivity (Wildman–Crippen MR) is 148 cm³/mol. The van der Waals surface area contributed by atoms with Gasteiger partial charge >= 0.3 is 0 Å². The van der Waals surface area contributed by atoms with Crippen molar-refractivity contribution in [3.63, 3.8) is 0 Å². The number of fused-ring (bicyclic) bond motifs is 2. The lowest BCUT2D eigenvalue weighted by Gasteiger charge is -2.19. The highest BCUT2D eigenvalue weighted by Crippen LogP contribution is 2.43. The van der Waals surface area contributed by atoms with Crippen molar-refractivity contribution in [2.24, 2.45) is 0 Å². The second-order valence-corrected chi connectivity index (χ2v) is 9.56. The standard InChI is InChI=1S/C17H21N3.C12H9NS/c1-19(2)15-9-5-13(6-10-15)17(18)14-7-11-16(12-8-14)20(3)4;1-3-7-11-9(5-1)13-10-6-2-4-8-12(10)14-11/h5-12,18H,1-4H3;1-8,13H. The maximum absolute atomic E-state index is 8.30. The van der Waals surface area contributed by atoms with E-state index in [9.17, 15) is 0 Å². The van der Waals surface area contributed by atoms with E-state index in [1.54, 1.807) is 0 Å². The zero-order chi connectivity index (χ0) is 24.1. The molecule has 0 aliphatic carbocycles. The molecule has 0 fully saturated rings. The van der Waals surface area contributed by atoms with Gasteiger partial charge in [0.1, 0.15) is 0 Å². The van der Waals surface area contributed by atoms with E-state index < -0.39 is 0 Å². The highest BCUT2D eigenvalue weighted by atomic mass is 32.2. The Morgan fingerprint density at radius 2 is 0.971 bits per heavy atom. The maximum Gasteiger partial charge on any atom is 0.0684 e. The van der Waals surface area contributed by atoms with Gasteiger partial charge in [0.15, 0.2) is 0 Å². The van der Waals surface area contributed by atoms with Gasteiger partial charge in [-0.3, -0.25) is 5.41 Å². The Labute approximate surface area is 206 Å². The summed E-state index contributed by atoms with van der Waals surface area (Å²) in [6.07, 6.45) is 0. The molecule has 5 rings (SSSR count). The van der Waals surface area contributed by atoms with E-state index in [4.69, 9.17) is 5.41 Å². The van der Waals surface area contributed by atoms with Crippen molar-refractivity contribution in [3.05, 3.63) is 108 Å². The van der Waals surface area contributed by atoms with Gasteiger partial charge in [-0.25, -0.2) is 0 Å². The Hall–Kier alpha value is -3.70. The van der Waals surface area contributed by atoms with Crippen LogP contribution in [0.1, 0.15) is 11.1 Å². The Kier molecular flexibility index (Phi) is 7.24. The van der Waals surface area contributed by atoms with Crippen molar-refractivity contribution < 1.29 is 0 Å². The first-order chi connectivity index (χ1) is 16.4. The van der Waals surface area contributed by atoms with Gasteiger partial charge in [0.25, 0.3) is 0 Å². The summed E-state index contributed by atoms with van der Waals surface area (Å²) in [7, 11) is 8.06. The number of rotatable bonds is 4. The second kappa shape index (κ2) is 10.5. The van der Waals surface area contributed by atoms with Crippen molar-refractivity contribution in [1.82, 2.24) is 0 Å². The minimum Gasteiger partial charge on any atom is -0.378 e. The summed E-state index contributed by atoms with van der Waals surface area (Å²) in [6, 6.07) is 32.9. The number of benzene rings is 4. The second-order valence-electron chi connectivity index (χ2n) is 8.48. The average molecular weight is 467 g/mol. The lowest BCUT2D eigenvalue weighted by molar-refractivity contribution is 1.13. The molecule has 4 aromatic rings. The molecule has 0 unspecified atom stereocenters. The summed E-state index contributed by atoms with van der Waals surface area (Å²) < 4.78 is 0. The number of nitrogens with one attached hydrogen (secondary N) is 2. The zero-order valence-electron chi connectivity index (χ0n) is 20.0. The molecule has 172 valence electrons. The van der Waals surface area contributed by atoms with Crippen LogP contribution in [0.4, 0.5) is 22.7 Å². The molecule has 0 spiro atoms. The lowest BCUT2D eigenvalue weighted by atomic mass is 10.0. The molecule has 0 aromatic heterocycles. The molecule has 1 heterocycles. The molecule has 0 saturated carbocycles. The van der Waals surface area contributed by atoms with Crippen LogP contribution in [0.25, 0.3) is 0 Å². The molecule has 4 nitrogen and oxygen atoms in total. The lowest BCUT2D eigenvalue weighted by Crippen LogP contribution is -2.10. The summed E-state index contributed by atoms with van der Waals surface area (Å²) in [5.74, 6) is 0. The maximum atomic E-state index is 8.30. The van der Waals surface area contributed by atoms with Gasteiger partial charge in [-0.15, -0.1) is 0 Å². The summed E-state index contributed by atoms with van der Waals surface area (Å²) in [5, 5.41) is 11.7. The molecule has 34 heavy (non-hydrogen) atoms. The van der Waals surface area contributed by atoms with Gasteiger partial charge in [-0.1, -0.05) is 60.3 Å². The molecule has 0 bridgehead atoms. The Bertz CT molecular complexity index is 1120. The van der Waals surface area contributed by atoms with Gasteiger partial charge in [-0.2, -0.15) is 0 Å². The molecule has 1 aliphatic rings. The smallest absolute Gasteiger partial charge is 0.0684 e. The van der Waals surface area contributed by atoms with Crippen LogP contribution in [0.15, 0.2) is 107 Å². The topological polar surface area (TPSA) is 42.4 Å². The fourth-order valence-electron chi connectivity index (χ4n) is 3.60. The number of hydrogen-bond donors (Lipinski definition) is 2. The largest absolute Gasteiger partial charge is 0.378 e. The highest BCUT2D eigenvalue weighted by Gasteiger charge is 2.13. The average Bonchev–Trinajstić information content (AvgIpc) is 2.87. The van der Waals surface area contributed by atoms with Gasteiger partial charge in [0.05, 0.1) is 17.1 Å². The highest BCUT2D eigenvalue weighted by molar-refractivity contribution is 7.99. The van der Waals surface area contributed by atoms with Crippen molar-refractivity contribution >= 4 is 40.2 Å². The molecule has 0 saturated heterocycles. The number of anilines is 4. The molecule has 0 radical (unpaired) electrons. The van der Waals surface area contributed by atoms with E-state index in [1.807, 2.05) is 88.5 Å². The molecule has 1 aliphatic heterocycles. The molecule has 2 N–H and O–H groups in total. The quantitative estimate of drug-likeness (QED) is 0.277. The van der Waals surface area contributed by atoms with E-state index >= 15 is 0 Å². The van der Waals surface area contributed by atoms with E-state index in [0.717, 1.165) is 22.5 Å². The zero-order valence-corrected chi connectivity index (χ0v) is 20.9. The minimum atomic E-state index is 0.556. The third-order valence-electron chi connectivity index (χ3n) is 5.61. The van der Waals surface area contributed by atoms with Crippen LogP contribution in [0.2, 0.25) is 0 Å². The molecule has 5 heteroatoms. The first-order valence-corrected chi connectivity index (χ1v) is 12.0. The van der Waals surface area contributed by atoms with Gasteiger partial charge < -0.3 is 15.1 Å². The van der Waals surface area contributed by atoms with Gasteiger partial charge in [0, 0.05) is 60.5 Å². The number of nitrogens with zero attached hydrogens (tertiary/aromatic N) is 2. The van der Waals surface area contributed by atoms with Crippen LogP contribution in [-0.2, 0) is 0 Å². The monoisotopic (exact) mass is 466 g/mol. The summed E-state index contributed by atoms with van der Waals surface area (Å²) in [4.78, 5) is 6.70. The molecule has 0 atom stereocenters. The fourth-order valence-corrected chi connectivity index (χ4v) is 4.59. The Morgan fingerprint density at radius 3 is 1.35 bits per heavy atom. The van der Waals surface area contributed by atoms with Crippen LogP contribution in [-0.4, -0.2) is 33.9 Å². The van der Waals surface area contributed by atoms with Crippen molar-refractivity contribution in [2.75, 3.05) is 43.3 Å². The number of hydrogen-bond acceptors (Lipinski definition) is 5. The van der Waals surface area contributed by atoms with E-state index in [-0.39, 0.29) is 0 Å². The molecule has 4 aromatic carbocycles. The molecular weight excluding hydrogens is 436 g/mol. The number of para-hydroxylation sites is 2. The van der Waals surface area contributed by atoms with Crippen LogP contribution >= 0.6 is 11.8 Å². The Morgan fingerprint density at radius 1 is 0.588 bits per heavy atom. The summed E-state index contributed by atoms with van der Waals surface area (Å²) in [6.45, 7) is 0. The predicted octanol–water partition coefficient (Wildman–Crippen LogP) is 7.13. The molecule has 0 amide bonds. The van der Waals surface area contributed by atoms with E-state index in [1.165, 1.54) is 21.2 Å². The molecular formula is C29H30N4S. The SMILES string of the molecule is CN(C)c1ccc(C(=N)c2ccc(N(C)C)cc2)cc1.c1ccc2c(c1)Nc1ccccc1S2. The van der Waals surface area contributed by atoms with Crippen LogP contribution in [0.3, 0.4) is 0 Å². The van der Waals surface area contributed by atoms with E-state index in [2.05, 4.69) is 63.6 Å². The van der Waals surface area contributed by atoms with Crippen LogP contribution in [0.5, 0.6) is 0 Å². The first-order valence-electron chi connectivity index (χ1n) is 11.2. The summed E-state index contributed by atoms with van der Waals surface area (Å²) >= 11 is 1.82. The van der Waals surface area contributed by atoms with Crippen LogP contribution < -0.4 is 15.1 Å². The normalized spacial score (nSPS) is 11.2. The van der Waals surface area contributed by atoms with Crippen molar-refractivity contribution in [2.45, 2.75) is 9.79 Å². The third-order valence-corrected chi connectivity index (χ3v) is 6.76. The van der Waals surface area contributed by atoms with Gasteiger partial charge in [-0.05, 0) is 48.5 Å². The first kappa shape index (κ1) is 23.5. The Balaban J connectivity index is 0.000000170. The summed E-state index contributed by atoms with van der Waals surface area (Å²) in [5.41, 5.74) is 7.13. The minimum absolute atomic E-state index is 0.556. The third kappa shape index (κ3) is 5.43. The fraction of sp³-hybridized carbons (Fsp3) is 0.138. The van der Waals surface area contributed by atoms with Gasteiger partial charge in [0.2, 0.25) is 0 Å². The van der Waals surface area contributed by atoms with Crippen LogP contribution in [0, 0.1) is 5.41 Å². The van der Waals surface area contributed by atoms with Crippen molar-refractivity contribution in [1.29, 1.82) is 5.41 Å². The van der Waals surface area contributed by atoms with Crippen molar-refractivity contribution in [3.8, 4) is 0 Å².